The molecule has 0 unspecified atom stereocenters. The topological polar surface area (TPSA) is 142 Å². The second-order valence-corrected chi connectivity index (χ2v) is 10.6. The van der Waals surface area contributed by atoms with Crippen molar-refractivity contribution in [3.8, 4) is 11.6 Å². The zero-order chi connectivity index (χ0) is 27.7. The number of rotatable bonds is 7. The zero-order valence-corrected chi connectivity index (χ0v) is 21.8. The van der Waals surface area contributed by atoms with Crippen LogP contribution in [-0.2, 0) is 21.9 Å². The van der Waals surface area contributed by atoms with E-state index in [1.54, 1.807) is 86.8 Å². The van der Waals surface area contributed by atoms with E-state index in [0.29, 0.717) is 22.3 Å². The van der Waals surface area contributed by atoms with Crippen molar-refractivity contribution in [3.05, 3.63) is 101 Å². The highest BCUT2D eigenvalue weighted by molar-refractivity contribution is 7.92. The van der Waals surface area contributed by atoms with Gasteiger partial charge in [0.2, 0.25) is 5.88 Å². The molecular weight excluding hydrogens is 520 g/mol. The number of azo groups is 1. The normalized spacial score (nSPS) is 11.8. The molecule has 0 spiro atoms. The first-order valence-corrected chi connectivity index (χ1v) is 13.3. The van der Waals surface area contributed by atoms with Crippen molar-refractivity contribution in [2.45, 2.75) is 11.8 Å². The van der Waals surface area contributed by atoms with Gasteiger partial charge in [0, 0.05) is 12.4 Å². The van der Waals surface area contributed by atoms with Gasteiger partial charge in [0.1, 0.15) is 12.2 Å². The van der Waals surface area contributed by atoms with Crippen molar-refractivity contribution in [3.63, 3.8) is 0 Å². The Bertz CT molecular complexity index is 1870. The average molecular weight is 545 g/mol. The maximum absolute atomic E-state index is 13.8. The molecule has 0 saturated carbocycles. The number of sulfonamides is 1. The molecule has 0 aliphatic heterocycles. The van der Waals surface area contributed by atoms with Crippen molar-refractivity contribution in [1.29, 1.82) is 0 Å². The molecule has 0 saturated heterocycles. The van der Waals surface area contributed by atoms with Gasteiger partial charge in [-0.05, 0) is 37.3 Å². The van der Waals surface area contributed by atoms with Crippen molar-refractivity contribution in [2.24, 2.45) is 17.3 Å². The van der Waals surface area contributed by atoms with Crippen LogP contribution < -0.4 is 9.86 Å². The van der Waals surface area contributed by atoms with Crippen LogP contribution in [0.1, 0.15) is 5.69 Å². The van der Waals surface area contributed by atoms with E-state index >= 15 is 0 Å². The predicted octanol–water partition coefficient (Wildman–Crippen LogP) is 4.18. The lowest BCUT2D eigenvalue weighted by atomic mass is 10.2. The fraction of sp³-hybridized carbons (Fsp3) is 0.111. The number of amides is 1. The number of anilines is 1. The van der Waals surface area contributed by atoms with Crippen LogP contribution in [0.15, 0.2) is 105 Å². The molecule has 3 aromatic carbocycles. The molecule has 2 aromatic heterocycles. The van der Waals surface area contributed by atoms with Gasteiger partial charge in [-0.3, -0.25) is 14.3 Å². The van der Waals surface area contributed by atoms with Gasteiger partial charge in [0.15, 0.2) is 5.69 Å². The van der Waals surface area contributed by atoms with Gasteiger partial charge in [-0.1, -0.05) is 54.6 Å². The van der Waals surface area contributed by atoms with E-state index in [0.717, 1.165) is 4.31 Å². The Hall–Kier alpha value is -4.97. The first-order chi connectivity index (χ1) is 18.7. The first-order valence-electron chi connectivity index (χ1n) is 11.9. The van der Waals surface area contributed by atoms with E-state index in [-0.39, 0.29) is 22.2 Å². The zero-order valence-electron chi connectivity index (χ0n) is 21.0. The van der Waals surface area contributed by atoms with E-state index in [2.05, 4.69) is 15.2 Å². The van der Waals surface area contributed by atoms with Crippen molar-refractivity contribution >= 4 is 38.2 Å². The Kier molecular flexibility index (Phi) is 6.62. The number of hydrogen-bond donors (Lipinski definition) is 2. The standard InChI is InChI=1S/C27H24N6O5S/c1-18-25(27(36)33(31(18)2)19-11-5-3-6-12-19)32(39(37,38)20-13-7-4-8-14-20)17-23(34)29-30-24-21-15-9-10-16-22(21)28-26(24)35/h3-16,28,35H,17H2,1-2H3. The lowest BCUT2D eigenvalue weighted by molar-refractivity contribution is -0.116. The fourth-order valence-electron chi connectivity index (χ4n) is 4.32. The number of hydrogen-bond acceptors (Lipinski definition) is 6. The third-order valence-corrected chi connectivity index (χ3v) is 8.06. The number of nitrogens with zero attached hydrogens (tertiary/aromatic N) is 5. The Labute approximate surface area is 223 Å². The van der Waals surface area contributed by atoms with Gasteiger partial charge in [-0.2, -0.15) is 0 Å². The summed E-state index contributed by atoms with van der Waals surface area (Å²) in [5.74, 6) is -1.22. The maximum Gasteiger partial charge on any atom is 0.296 e. The Balaban J connectivity index is 1.59. The molecule has 0 aliphatic rings. The summed E-state index contributed by atoms with van der Waals surface area (Å²) >= 11 is 0. The van der Waals surface area contributed by atoms with E-state index in [4.69, 9.17) is 0 Å². The summed E-state index contributed by atoms with van der Waals surface area (Å²) in [5.41, 5.74) is 0.660. The minimum absolute atomic E-state index is 0.0405. The number of aromatic nitrogens is 3. The van der Waals surface area contributed by atoms with Crippen LogP contribution in [0.2, 0.25) is 0 Å². The molecule has 0 bridgehead atoms. The Morgan fingerprint density at radius 3 is 2.28 bits per heavy atom. The van der Waals surface area contributed by atoms with Gasteiger partial charge < -0.3 is 10.1 Å². The number of carbonyl (C=O) groups excluding carboxylic acids is 1. The van der Waals surface area contributed by atoms with Gasteiger partial charge in [-0.15, -0.1) is 10.2 Å². The number of fused-ring (bicyclic) bond motifs is 1. The fourth-order valence-corrected chi connectivity index (χ4v) is 5.81. The summed E-state index contributed by atoms with van der Waals surface area (Å²) < 4.78 is 31.2. The summed E-state index contributed by atoms with van der Waals surface area (Å²) in [7, 11) is -2.74. The lowest BCUT2D eigenvalue weighted by Crippen LogP contribution is -2.38. The molecule has 11 nitrogen and oxygen atoms in total. The third kappa shape index (κ3) is 4.61. The molecule has 2 heterocycles. The van der Waals surface area contributed by atoms with Crippen molar-refractivity contribution in [2.75, 3.05) is 10.8 Å². The number of H-pyrrole nitrogens is 1. The van der Waals surface area contributed by atoms with Gasteiger partial charge in [-0.25, -0.2) is 17.4 Å². The summed E-state index contributed by atoms with van der Waals surface area (Å²) in [6.07, 6.45) is 0. The molecule has 39 heavy (non-hydrogen) atoms. The smallest absolute Gasteiger partial charge is 0.296 e. The third-order valence-electron chi connectivity index (χ3n) is 6.30. The molecule has 0 radical (unpaired) electrons. The molecule has 0 atom stereocenters. The van der Waals surface area contributed by atoms with Gasteiger partial charge in [0.05, 0.1) is 21.8 Å². The Morgan fingerprint density at radius 1 is 0.974 bits per heavy atom. The Morgan fingerprint density at radius 2 is 1.59 bits per heavy atom. The SMILES string of the molecule is Cc1c(N(CC(=O)N=Nc2c(O)[nH]c3ccccc23)S(=O)(=O)c2ccccc2)c(=O)n(-c2ccccc2)n1C. The second-order valence-electron chi connectivity index (χ2n) is 8.70. The number of nitrogens with one attached hydrogen (secondary N) is 1. The van der Waals surface area contributed by atoms with Crippen LogP contribution in [-0.4, -0.2) is 40.3 Å². The van der Waals surface area contributed by atoms with E-state index in [1.165, 1.54) is 21.5 Å². The second kappa shape index (κ2) is 10.1. The molecule has 0 fully saturated rings. The van der Waals surface area contributed by atoms with E-state index in [1.807, 2.05) is 0 Å². The highest BCUT2D eigenvalue weighted by Crippen LogP contribution is 2.35. The highest BCUT2D eigenvalue weighted by atomic mass is 32.2. The molecule has 5 aromatic rings. The quantitative estimate of drug-likeness (QED) is 0.296. The van der Waals surface area contributed by atoms with Crippen LogP contribution in [0, 0.1) is 6.92 Å². The first kappa shape index (κ1) is 25.7. The van der Waals surface area contributed by atoms with Crippen molar-refractivity contribution in [1.82, 2.24) is 14.3 Å². The monoisotopic (exact) mass is 544 g/mol. The number of carbonyl (C=O) groups is 1. The lowest BCUT2D eigenvalue weighted by Gasteiger charge is -2.21. The van der Waals surface area contributed by atoms with Crippen LogP contribution in [0.4, 0.5) is 11.4 Å². The molecule has 0 aliphatic carbocycles. The number of benzene rings is 3. The summed E-state index contributed by atoms with van der Waals surface area (Å²) in [6.45, 7) is 0.804. The van der Waals surface area contributed by atoms with Crippen LogP contribution in [0.5, 0.6) is 5.88 Å². The van der Waals surface area contributed by atoms with Crippen LogP contribution in [0.25, 0.3) is 16.6 Å². The van der Waals surface area contributed by atoms with Crippen LogP contribution >= 0.6 is 0 Å². The average Bonchev–Trinajstić information content (AvgIpc) is 3.38. The molecule has 1 amide bonds. The predicted molar refractivity (Wildman–Crippen MR) is 146 cm³/mol. The maximum atomic E-state index is 13.8. The molecule has 2 N–H and O–H groups in total. The number of aromatic amines is 1. The van der Waals surface area contributed by atoms with E-state index in [9.17, 15) is 23.1 Å². The highest BCUT2D eigenvalue weighted by Gasteiger charge is 2.33. The van der Waals surface area contributed by atoms with Gasteiger partial charge >= 0.3 is 0 Å². The largest absolute Gasteiger partial charge is 0.493 e. The van der Waals surface area contributed by atoms with Crippen molar-refractivity contribution < 1.29 is 18.3 Å². The number of para-hydroxylation sites is 2. The summed E-state index contributed by atoms with van der Waals surface area (Å²) in [4.78, 5) is 29.4. The van der Waals surface area contributed by atoms with Gasteiger partial charge in [0.25, 0.3) is 21.5 Å². The summed E-state index contributed by atoms with van der Waals surface area (Å²) in [5, 5.41) is 18.3. The minimum Gasteiger partial charge on any atom is -0.493 e. The summed E-state index contributed by atoms with van der Waals surface area (Å²) in [6, 6.07) is 23.2. The molecule has 5 rings (SSSR count). The molecular formula is C27H24N6O5S. The minimum atomic E-state index is -4.37. The van der Waals surface area contributed by atoms with E-state index < -0.39 is 28.0 Å². The molecule has 12 heteroatoms. The number of aromatic hydroxyl groups is 1. The van der Waals surface area contributed by atoms with Crippen LogP contribution in [0.3, 0.4) is 0 Å². The molecule has 198 valence electrons.